The largest absolute Gasteiger partial charge is 0.351 e. The van der Waals surface area contributed by atoms with Crippen LogP contribution in [0, 0.1) is 5.82 Å². The summed E-state index contributed by atoms with van der Waals surface area (Å²) >= 11 is 0. The second-order valence-corrected chi connectivity index (χ2v) is 5.25. The lowest BCUT2D eigenvalue weighted by Gasteiger charge is -2.13. The maximum absolute atomic E-state index is 13.4. The number of carbonyl (C=O) groups excluding carboxylic acids is 1. The van der Waals surface area contributed by atoms with E-state index in [1.165, 1.54) is 17.7 Å². The Kier molecular flexibility index (Phi) is 6.10. The topological polar surface area (TPSA) is 41.1 Å². The quantitative estimate of drug-likeness (QED) is 0.772. The van der Waals surface area contributed by atoms with Crippen molar-refractivity contribution in [1.29, 1.82) is 0 Å². The van der Waals surface area contributed by atoms with E-state index in [1.54, 1.807) is 12.1 Å². The zero-order valence-electron chi connectivity index (χ0n) is 12.7. The number of benzene rings is 2. The van der Waals surface area contributed by atoms with E-state index >= 15 is 0 Å². The van der Waals surface area contributed by atoms with Gasteiger partial charge in [0.2, 0.25) is 0 Å². The fraction of sp³-hybridized carbons (Fsp3) is 0.278. The summed E-state index contributed by atoms with van der Waals surface area (Å²) in [5.41, 5.74) is 1.37. The molecule has 2 aromatic rings. The molecule has 0 saturated carbocycles. The smallest absolute Gasteiger partial charge is 0.254 e. The van der Waals surface area contributed by atoms with E-state index in [9.17, 15) is 9.18 Å². The zero-order valence-corrected chi connectivity index (χ0v) is 12.7. The molecule has 2 N–H and O–H groups in total. The van der Waals surface area contributed by atoms with Crippen molar-refractivity contribution in [1.82, 2.24) is 10.6 Å². The minimum atomic E-state index is -0.495. The Morgan fingerprint density at radius 1 is 1.05 bits per heavy atom. The summed E-state index contributed by atoms with van der Waals surface area (Å²) in [7, 11) is 0. The van der Waals surface area contributed by atoms with Crippen molar-refractivity contribution in [2.75, 3.05) is 19.6 Å². The standard InChI is InChI=1S/C18H21FN2O/c1-14(15-7-3-2-4-8-15)13-20-11-12-21-18(22)16-9-5-6-10-17(16)19/h2-10,14,20H,11-13H2,1H3,(H,21,22). The Balaban J connectivity index is 1.67. The molecule has 116 valence electrons. The minimum Gasteiger partial charge on any atom is -0.351 e. The van der Waals surface area contributed by atoms with Crippen molar-refractivity contribution < 1.29 is 9.18 Å². The fourth-order valence-electron chi connectivity index (χ4n) is 2.22. The van der Waals surface area contributed by atoms with Crippen LogP contribution in [0.2, 0.25) is 0 Å². The molecule has 0 aliphatic carbocycles. The normalized spacial score (nSPS) is 11.9. The molecular formula is C18H21FN2O. The number of nitrogens with one attached hydrogen (secondary N) is 2. The van der Waals surface area contributed by atoms with Gasteiger partial charge in [0.25, 0.3) is 5.91 Å². The molecule has 0 spiro atoms. The lowest BCUT2D eigenvalue weighted by molar-refractivity contribution is 0.0950. The van der Waals surface area contributed by atoms with Gasteiger partial charge in [-0.1, -0.05) is 49.4 Å². The van der Waals surface area contributed by atoms with E-state index in [2.05, 4.69) is 29.7 Å². The third kappa shape index (κ3) is 4.67. The van der Waals surface area contributed by atoms with Crippen molar-refractivity contribution in [3.63, 3.8) is 0 Å². The molecular weight excluding hydrogens is 279 g/mol. The van der Waals surface area contributed by atoms with Crippen molar-refractivity contribution in [3.8, 4) is 0 Å². The fourth-order valence-corrected chi connectivity index (χ4v) is 2.22. The van der Waals surface area contributed by atoms with Gasteiger partial charge in [-0.15, -0.1) is 0 Å². The van der Waals surface area contributed by atoms with Crippen LogP contribution in [0.5, 0.6) is 0 Å². The highest BCUT2D eigenvalue weighted by molar-refractivity contribution is 5.94. The SMILES string of the molecule is CC(CNCCNC(=O)c1ccccc1F)c1ccccc1. The van der Waals surface area contributed by atoms with Crippen molar-refractivity contribution in [2.45, 2.75) is 12.8 Å². The van der Waals surface area contributed by atoms with Gasteiger partial charge in [-0.3, -0.25) is 4.79 Å². The summed E-state index contributed by atoms with van der Waals surface area (Å²) in [4.78, 5) is 11.8. The molecule has 1 unspecified atom stereocenters. The molecule has 1 atom stereocenters. The highest BCUT2D eigenvalue weighted by Crippen LogP contribution is 2.12. The summed E-state index contributed by atoms with van der Waals surface area (Å²) in [5, 5.41) is 6.01. The average Bonchev–Trinajstić information content (AvgIpc) is 2.55. The summed E-state index contributed by atoms with van der Waals surface area (Å²) in [6.45, 7) is 4.10. The van der Waals surface area contributed by atoms with Crippen LogP contribution in [0.1, 0.15) is 28.8 Å². The van der Waals surface area contributed by atoms with E-state index in [1.807, 2.05) is 18.2 Å². The maximum Gasteiger partial charge on any atom is 0.254 e. The first-order valence-corrected chi connectivity index (χ1v) is 7.47. The Morgan fingerprint density at radius 2 is 1.73 bits per heavy atom. The summed E-state index contributed by atoms with van der Waals surface area (Å²) in [6.07, 6.45) is 0. The second kappa shape index (κ2) is 8.29. The molecule has 0 heterocycles. The first kappa shape index (κ1) is 16.2. The predicted molar refractivity (Wildman–Crippen MR) is 86.5 cm³/mol. The van der Waals surface area contributed by atoms with Gasteiger partial charge in [0.15, 0.2) is 0 Å². The third-order valence-electron chi connectivity index (χ3n) is 3.52. The molecule has 0 bridgehead atoms. The van der Waals surface area contributed by atoms with Crippen LogP contribution in [0.25, 0.3) is 0 Å². The molecule has 1 amide bonds. The summed E-state index contributed by atoms with van der Waals surface area (Å²) < 4.78 is 13.4. The van der Waals surface area contributed by atoms with Gasteiger partial charge in [-0.2, -0.15) is 0 Å². The molecule has 0 fully saturated rings. The van der Waals surface area contributed by atoms with Crippen molar-refractivity contribution in [3.05, 3.63) is 71.5 Å². The number of hydrogen-bond acceptors (Lipinski definition) is 2. The third-order valence-corrected chi connectivity index (χ3v) is 3.52. The molecule has 22 heavy (non-hydrogen) atoms. The highest BCUT2D eigenvalue weighted by atomic mass is 19.1. The number of amides is 1. The van der Waals surface area contributed by atoms with E-state index in [0.29, 0.717) is 19.0 Å². The van der Waals surface area contributed by atoms with Gasteiger partial charge >= 0.3 is 0 Å². The number of rotatable bonds is 7. The Morgan fingerprint density at radius 3 is 2.45 bits per heavy atom. The van der Waals surface area contributed by atoms with Crippen molar-refractivity contribution in [2.24, 2.45) is 0 Å². The van der Waals surface area contributed by atoms with Crippen LogP contribution < -0.4 is 10.6 Å². The first-order valence-electron chi connectivity index (χ1n) is 7.47. The van der Waals surface area contributed by atoms with Crippen LogP contribution in [0.3, 0.4) is 0 Å². The predicted octanol–water partition coefficient (Wildman–Crippen LogP) is 2.95. The Bertz CT molecular complexity index is 601. The van der Waals surface area contributed by atoms with E-state index in [0.717, 1.165) is 6.54 Å². The van der Waals surface area contributed by atoms with Gasteiger partial charge in [0.05, 0.1) is 5.56 Å². The van der Waals surface area contributed by atoms with Gasteiger partial charge in [0.1, 0.15) is 5.82 Å². The van der Waals surface area contributed by atoms with E-state index < -0.39 is 5.82 Å². The molecule has 0 aliphatic heterocycles. The summed E-state index contributed by atoms with van der Waals surface area (Å²) in [5.74, 6) is -0.467. The van der Waals surface area contributed by atoms with E-state index in [4.69, 9.17) is 0 Å². The molecule has 2 aromatic carbocycles. The van der Waals surface area contributed by atoms with Crippen LogP contribution in [0.15, 0.2) is 54.6 Å². The molecule has 2 rings (SSSR count). The summed E-state index contributed by atoms with van der Waals surface area (Å²) in [6, 6.07) is 16.3. The van der Waals surface area contributed by atoms with Crippen molar-refractivity contribution >= 4 is 5.91 Å². The lowest BCUT2D eigenvalue weighted by Crippen LogP contribution is -2.33. The second-order valence-electron chi connectivity index (χ2n) is 5.25. The Labute approximate surface area is 130 Å². The molecule has 3 nitrogen and oxygen atoms in total. The van der Waals surface area contributed by atoms with E-state index in [-0.39, 0.29) is 11.5 Å². The number of carbonyl (C=O) groups is 1. The number of halogens is 1. The molecule has 0 aromatic heterocycles. The maximum atomic E-state index is 13.4. The highest BCUT2D eigenvalue weighted by Gasteiger charge is 2.09. The van der Waals surface area contributed by atoms with Gasteiger partial charge in [-0.05, 0) is 23.6 Å². The van der Waals surface area contributed by atoms with Crippen LogP contribution in [-0.2, 0) is 0 Å². The van der Waals surface area contributed by atoms with Crippen LogP contribution in [-0.4, -0.2) is 25.5 Å². The zero-order chi connectivity index (χ0) is 15.8. The van der Waals surface area contributed by atoms with Crippen LogP contribution >= 0.6 is 0 Å². The first-order chi connectivity index (χ1) is 10.7. The monoisotopic (exact) mass is 300 g/mol. The molecule has 0 radical (unpaired) electrons. The van der Waals surface area contributed by atoms with Gasteiger partial charge in [-0.25, -0.2) is 4.39 Å². The number of hydrogen-bond donors (Lipinski definition) is 2. The molecule has 0 saturated heterocycles. The van der Waals surface area contributed by atoms with Gasteiger partial charge in [0, 0.05) is 19.6 Å². The molecule has 0 aliphatic rings. The van der Waals surface area contributed by atoms with Gasteiger partial charge < -0.3 is 10.6 Å². The Hall–Kier alpha value is -2.20. The average molecular weight is 300 g/mol. The lowest BCUT2D eigenvalue weighted by atomic mass is 10.0. The molecule has 4 heteroatoms. The minimum absolute atomic E-state index is 0.0835. The van der Waals surface area contributed by atoms with Crippen LogP contribution in [0.4, 0.5) is 4.39 Å².